The Balaban J connectivity index is 2.26. The van der Waals surface area contributed by atoms with E-state index in [1.165, 1.54) is 4.46 Å². The molecule has 0 heterocycles. The average Bonchev–Trinajstić information content (AvgIpc) is 2.19. The molecule has 3 heteroatoms. The molecule has 0 aliphatic carbocycles. The van der Waals surface area contributed by atoms with Crippen LogP contribution in [0.2, 0.25) is 5.32 Å². The number of benzene rings is 1. The van der Waals surface area contributed by atoms with E-state index >= 15 is 0 Å². The second kappa shape index (κ2) is 5.84. The maximum atomic E-state index is 10.5. The van der Waals surface area contributed by atoms with Gasteiger partial charge in [-0.15, -0.1) is 0 Å². The van der Waals surface area contributed by atoms with Crippen LogP contribution in [0.3, 0.4) is 0 Å². The van der Waals surface area contributed by atoms with Gasteiger partial charge in [-0.3, -0.25) is 0 Å². The van der Waals surface area contributed by atoms with Crippen molar-refractivity contribution in [1.29, 1.82) is 0 Å². The van der Waals surface area contributed by atoms with E-state index in [0.29, 0.717) is 15.0 Å². The van der Waals surface area contributed by atoms with Gasteiger partial charge in [-0.05, 0) is 0 Å². The van der Waals surface area contributed by atoms with Gasteiger partial charge in [0.1, 0.15) is 0 Å². The molecule has 0 amide bonds. The Kier molecular flexibility index (Phi) is 4.71. The van der Waals surface area contributed by atoms with Crippen LogP contribution in [0.5, 0.6) is 0 Å². The first-order valence-corrected chi connectivity index (χ1v) is 6.67. The molecule has 0 aromatic heterocycles. The van der Waals surface area contributed by atoms with Gasteiger partial charge in [-0.25, -0.2) is 0 Å². The Morgan fingerprint density at radius 3 is 2.64 bits per heavy atom. The zero-order valence-electron chi connectivity index (χ0n) is 8.14. The molecule has 0 fully saturated rings. The van der Waals surface area contributed by atoms with E-state index in [9.17, 15) is 4.79 Å². The molecule has 0 spiro atoms. The Bertz CT molecular complexity index is 285. The van der Waals surface area contributed by atoms with Gasteiger partial charge in [0.05, 0.1) is 0 Å². The van der Waals surface area contributed by atoms with Crippen molar-refractivity contribution in [3.05, 3.63) is 30.3 Å². The fraction of sp³-hybridized carbons (Fsp3) is 0.364. The average molecular weight is 257 g/mol. The molecule has 1 aromatic carbocycles. The van der Waals surface area contributed by atoms with Crippen molar-refractivity contribution in [2.45, 2.75) is 18.7 Å². The minimum absolute atomic E-state index is 0.208. The van der Waals surface area contributed by atoms with Gasteiger partial charge in [0.15, 0.2) is 0 Å². The number of hydrogen-bond acceptors (Lipinski definition) is 1. The van der Waals surface area contributed by atoms with Gasteiger partial charge in [0.25, 0.3) is 0 Å². The van der Waals surface area contributed by atoms with Crippen molar-refractivity contribution in [2.24, 2.45) is 5.92 Å². The molecule has 1 atom stereocenters. The van der Waals surface area contributed by atoms with Crippen LogP contribution in [0, 0.1) is 5.92 Å². The van der Waals surface area contributed by atoms with E-state index in [1.54, 1.807) is 6.92 Å². The van der Waals surface area contributed by atoms with E-state index in [0.717, 1.165) is 11.7 Å². The molecule has 1 aromatic rings. The molecule has 0 unspecified atom stereocenters. The Morgan fingerprint density at radius 2 is 2.07 bits per heavy atom. The van der Waals surface area contributed by atoms with Crippen LogP contribution in [0.15, 0.2) is 30.3 Å². The van der Waals surface area contributed by atoms with Gasteiger partial charge >= 0.3 is 90.2 Å². The standard InChI is InChI=1S/C11H14O2Se/c1-9(11(12)13)7-8-14-10-5-3-2-4-6-10/h2-6,9H,7-8H2,1H3,(H,12,13)/t9-/m0/s1. The first-order chi connectivity index (χ1) is 6.70. The van der Waals surface area contributed by atoms with Crippen molar-refractivity contribution >= 4 is 25.4 Å². The van der Waals surface area contributed by atoms with Crippen LogP contribution in [-0.2, 0) is 4.79 Å². The number of carboxylic acids is 1. The summed E-state index contributed by atoms with van der Waals surface area (Å²) in [6, 6.07) is 10.3. The molecule has 1 rings (SSSR count). The Morgan fingerprint density at radius 1 is 1.43 bits per heavy atom. The predicted molar refractivity (Wildman–Crippen MR) is 58.1 cm³/mol. The second-order valence-corrected chi connectivity index (χ2v) is 5.64. The van der Waals surface area contributed by atoms with Crippen molar-refractivity contribution in [3.8, 4) is 0 Å². The fourth-order valence-electron chi connectivity index (χ4n) is 0.994. The van der Waals surface area contributed by atoms with Crippen molar-refractivity contribution in [2.75, 3.05) is 0 Å². The molecule has 76 valence electrons. The summed E-state index contributed by atoms with van der Waals surface area (Å²) >= 11 is 0.422. The zero-order chi connectivity index (χ0) is 10.4. The maximum absolute atomic E-state index is 10.5. The van der Waals surface area contributed by atoms with Crippen LogP contribution < -0.4 is 4.46 Å². The summed E-state index contributed by atoms with van der Waals surface area (Å²) in [4.78, 5) is 10.5. The van der Waals surface area contributed by atoms with Gasteiger partial charge in [-0.1, -0.05) is 0 Å². The quantitative estimate of drug-likeness (QED) is 0.812. The van der Waals surface area contributed by atoms with E-state index in [2.05, 4.69) is 12.1 Å². The monoisotopic (exact) mass is 258 g/mol. The molecule has 1 N–H and O–H groups in total. The van der Waals surface area contributed by atoms with E-state index in [4.69, 9.17) is 5.11 Å². The Hall–Kier alpha value is -0.791. The van der Waals surface area contributed by atoms with Gasteiger partial charge in [0.2, 0.25) is 0 Å². The molecule has 0 saturated heterocycles. The third-order valence-corrected chi connectivity index (χ3v) is 4.18. The number of carbonyl (C=O) groups is 1. The SMILES string of the molecule is C[C@@H](CC[Se]c1ccccc1)C(=O)O. The first-order valence-electron chi connectivity index (χ1n) is 4.61. The van der Waals surface area contributed by atoms with Gasteiger partial charge in [0, 0.05) is 0 Å². The zero-order valence-corrected chi connectivity index (χ0v) is 9.86. The summed E-state index contributed by atoms with van der Waals surface area (Å²) in [5, 5.41) is 9.69. The summed E-state index contributed by atoms with van der Waals surface area (Å²) < 4.78 is 1.34. The predicted octanol–water partition coefficient (Wildman–Crippen LogP) is 1.55. The third-order valence-electron chi connectivity index (χ3n) is 1.98. The van der Waals surface area contributed by atoms with Crippen LogP contribution in [0.4, 0.5) is 0 Å². The molecular formula is C11H14O2Se. The summed E-state index contributed by atoms with van der Waals surface area (Å²) in [5.41, 5.74) is 0. The number of carboxylic acid groups (broad SMARTS) is 1. The van der Waals surface area contributed by atoms with E-state index < -0.39 is 5.97 Å². The van der Waals surface area contributed by atoms with Crippen molar-refractivity contribution < 1.29 is 9.90 Å². The van der Waals surface area contributed by atoms with Gasteiger partial charge in [-0.2, -0.15) is 0 Å². The molecule has 2 nitrogen and oxygen atoms in total. The van der Waals surface area contributed by atoms with Crippen molar-refractivity contribution in [1.82, 2.24) is 0 Å². The minimum atomic E-state index is -0.686. The molecule has 0 aliphatic heterocycles. The number of aliphatic carboxylic acids is 1. The summed E-state index contributed by atoms with van der Waals surface area (Å²) in [6.07, 6.45) is 0.782. The number of rotatable bonds is 5. The molecule has 0 radical (unpaired) electrons. The summed E-state index contributed by atoms with van der Waals surface area (Å²) in [5.74, 6) is -0.894. The fourth-order valence-corrected chi connectivity index (χ4v) is 3.21. The Labute approximate surface area is 90.5 Å². The molecule has 0 aliphatic rings. The first kappa shape index (κ1) is 11.3. The summed E-state index contributed by atoms with van der Waals surface area (Å²) in [7, 11) is 0. The summed E-state index contributed by atoms with van der Waals surface area (Å²) in [6.45, 7) is 1.77. The molecule has 0 bridgehead atoms. The van der Waals surface area contributed by atoms with E-state index in [1.807, 2.05) is 18.2 Å². The van der Waals surface area contributed by atoms with Crippen LogP contribution in [0.25, 0.3) is 0 Å². The van der Waals surface area contributed by atoms with Crippen molar-refractivity contribution in [3.63, 3.8) is 0 Å². The number of hydrogen-bond donors (Lipinski definition) is 1. The van der Waals surface area contributed by atoms with Gasteiger partial charge < -0.3 is 0 Å². The second-order valence-electron chi connectivity index (χ2n) is 3.19. The topological polar surface area (TPSA) is 37.3 Å². The third kappa shape index (κ3) is 3.95. The molecular weight excluding hydrogens is 243 g/mol. The van der Waals surface area contributed by atoms with Crippen LogP contribution in [0.1, 0.15) is 13.3 Å². The van der Waals surface area contributed by atoms with Crippen LogP contribution in [-0.4, -0.2) is 26.0 Å². The molecule has 14 heavy (non-hydrogen) atoms. The normalized spacial score (nSPS) is 12.4. The molecule has 0 saturated carbocycles. The van der Waals surface area contributed by atoms with Crippen LogP contribution >= 0.6 is 0 Å². The van der Waals surface area contributed by atoms with E-state index in [-0.39, 0.29) is 5.92 Å².